The fraction of sp³-hybridized carbons (Fsp3) is 0.357. The molecule has 0 spiro atoms. The van der Waals surface area contributed by atoms with Gasteiger partial charge in [0.15, 0.2) is 0 Å². The Morgan fingerprint density at radius 3 is 2.86 bits per heavy atom. The van der Waals surface area contributed by atoms with Crippen molar-refractivity contribution < 1.29 is 14.6 Å². The number of likely N-dealkylation sites (tertiary alicyclic amines) is 1. The fourth-order valence-corrected chi connectivity index (χ4v) is 5.31. The maximum Gasteiger partial charge on any atom is 0.335 e. The number of benzene rings is 2. The zero-order chi connectivity index (χ0) is 24.2. The Labute approximate surface area is 210 Å². The maximum absolute atomic E-state index is 11.6. The molecule has 2 aliphatic heterocycles. The van der Waals surface area contributed by atoms with Crippen molar-refractivity contribution in [2.24, 2.45) is 0 Å². The molecule has 1 fully saturated rings. The first-order valence-electron chi connectivity index (χ1n) is 12.2. The Kier molecular flexibility index (Phi) is 7.32. The van der Waals surface area contributed by atoms with Gasteiger partial charge in [0.1, 0.15) is 12.4 Å². The lowest BCUT2D eigenvalue weighted by molar-refractivity contribution is 0.0696. The van der Waals surface area contributed by atoms with Crippen LogP contribution in [0.15, 0.2) is 60.8 Å². The Bertz CT molecular complexity index is 1180. The minimum absolute atomic E-state index is 0.0666. The predicted octanol–water partition coefficient (Wildman–Crippen LogP) is 5.10. The van der Waals surface area contributed by atoms with E-state index in [2.05, 4.69) is 33.4 Å². The van der Waals surface area contributed by atoms with E-state index in [1.807, 2.05) is 18.2 Å². The van der Waals surface area contributed by atoms with Crippen LogP contribution in [0.1, 0.15) is 57.9 Å². The Hall–Kier alpha value is -2.93. The molecule has 0 bridgehead atoms. The quantitative estimate of drug-likeness (QED) is 0.456. The van der Waals surface area contributed by atoms with Crippen molar-refractivity contribution in [2.45, 2.75) is 44.4 Å². The summed E-state index contributed by atoms with van der Waals surface area (Å²) in [4.78, 5) is 18.7. The standard InChI is InChI=1S/C28H30ClN3O3/c29-21-8-5-19(6-9-21)16-31-22-11-14-32(17-22)13-2-4-23-24-3-1-12-30-26(24)18-35-27-10-7-20(28(33)34)15-25(23)27/h1,3,5-10,12,15,22-23,31H,2,4,11,13-14,16-18H2,(H,33,34). The van der Waals surface area contributed by atoms with E-state index in [0.29, 0.717) is 18.2 Å². The summed E-state index contributed by atoms with van der Waals surface area (Å²) in [5.74, 6) is -0.0982. The molecule has 0 saturated carbocycles. The average Bonchev–Trinajstić information content (AvgIpc) is 3.26. The van der Waals surface area contributed by atoms with Crippen molar-refractivity contribution >= 4 is 17.6 Å². The summed E-state index contributed by atoms with van der Waals surface area (Å²) in [6.45, 7) is 4.40. The van der Waals surface area contributed by atoms with Gasteiger partial charge in [-0.15, -0.1) is 0 Å². The third kappa shape index (κ3) is 5.67. The van der Waals surface area contributed by atoms with Crippen LogP contribution in [0.5, 0.6) is 5.75 Å². The normalized spacial score (nSPS) is 19.5. The second-order valence-corrected chi connectivity index (χ2v) is 9.81. The lowest BCUT2D eigenvalue weighted by Crippen LogP contribution is -2.32. The Morgan fingerprint density at radius 2 is 2.03 bits per heavy atom. The number of nitrogens with zero attached hydrogens (tertiary/aromatic N) is 2. The number of aromatic nitrogens is 1. The molecular formula is C28H30ClN3O3. The molecule has 5 rings (SSSR count). The van der Waals surface area contributed by atoms with Crippen LogP contribution in [-0.4, -0.2) is 46.6 Å². The number of fused-ring (bicyclic) bond motifs is 2. The Balaban J connectivity index is 1.21. The number of pyridine rings is 1. The number of carbonyl (C=O) groups is 1. The molecule has 182 valence electrons. The first-order valence-corrected chi connectivity index (χ1v) is 12.6. The number of nitrogens with one attached hydrogen (secondary N) is 1. The minimum Gasteiger partial charge on any atom is -0.487 e. The van der Waals surface area contributed by atoms with Crippen molar-refractivity contribution in [1.82, 2.24) is 15.2 Å². The van der Waals surface area contributed by atoms with E-state index in [9.17, 15) is 9.90 Å². The van der Waals surface area contributed by atoms with Gasteiger partial charge in [0.25, 0.3) is 0 Å². The number of halogens is 1. The average molecular weight is 492 g/mol. The summed E-state index contributed by atoms with van der Waals surface area (Å²) in [5, 5.41) is 14.0. The number of hydrogen-bond acceptors (Lipinski definition) is 5. The second-order valence-electron chi connectivity index (χ2n) is 9.37. The second kappa shape index (κ2) is 10.8. The zero-order valence-electron chi connectivity index (χ0n) is 19.6. The van der Waals surface area contributed by atoms with E-state index >= 15 is 0 Å². The molecule has 0 radical (unpaired) electrons. The van der Waals surface area contributed by atoms with Gasteiger partial charge in [-0.2, -0.15) is 0 Å². The summed E-state index contributed by atoms with van der Waals surface area (Å²) in [6, 6.07) is 17.7. The van der Waals surface area contributed by atoms with Crippen molar-refractivity contribution in [3.8, 4) is 5.75 Å². The number of aromatic carboxylic acids is 1. The summed E-state index contributed by atoms with van der Waals surface area (Å²) < 4.78 is 6.02. The predicted molar refractivity (Wildman–Crippen MR) is 136 cm³/mol. The van der Waals surface area contributed by atoms with Crippen LogP contribution in [0, 0.1) is 0 Å². The van der Waals surface area contributed by atoms with Gasteiger partial charge in [-0.3, -0.25) is 4.98 Å². The third-order valence-corrected chi connectivity index (χ3v) is 7.30. The van der Waals surface area contributed by atoms with Gasteiger partial charge < -0.3 is 20.1 Å². The lowest BCUT2D eigenvalue weighted by Gasteiger charge is -2.21. The molecule has 1 saturated heterocycles. The van der Waals surface area contributed by atoms with Gasteiger partial charge in [0, 0.05) is 41.8 Å². The van der Waals surface area contributed by atoms with Gasteiger partial charge in [-0.05, 0) is 79.9 Å². The zero-order valence-corrected chi connectivity index (χ0v) is 20.4. The highest BCUT2D eigenvalue weighted by Crippen LogP contribution is 2.40. The SMILES string of the molecule is O=C(O)c1ccc2c(c1)C(CCCN1CCC(NCc3ccc(Cl)cc3)C1)c1cccnc1CO2. The van der Waals surface area contributed by atoms with Crippen LogP contribution < -0.4 is 10.1 Å². The number of rotatable bonds is 8. The molecule has 2 aromatic carbocycles. The summed E-state index contributed by atoms with van der Waals surface area (Å²) in [5.41, 5.74) is 4.55. The summed E-state index contributed by atoms with van der Waals surface area (Å²) >= 11 is 5.99. The van der Waals surface area contributed by atoms with Gasteiger partial charge in [-0.1, -0.05) is 29.8 Å². The molecule has 0 amide bonds. The van der Waals surface area contributed by atoms with Gasteiger partial charge >= 0.3 is 5.97 Å². The van der Waals surface area contributed by atoms with E-state index in [4.69, 9.17) is 16.3 Å². The van der Waals surface area contributed by atoms with Gasteiger partial charge in [0.2, 0.25) is 0 Å². The van der Waals surface area contributed by atoms with Crippen LogP contribution in [0.4, 0.5) is 0 Å². The highest BCUT2D eigenvalue weighted by atomic mass is 35.5. The van der Waals surface area contributed by atoms with E-state index < -0.39 is 5.97 Å². The Morgan fingerprint density at radius 1 is 1.17 bits per heavy atom. The number of ether oxygens (including phenoxy) is 1. The number of carboxylic acids is 1. The molecule has 2 N–H and O–H groups in total. The molecule has 3 aromatic rings. The molecule has 7 heteroatoms. The van der Waals surface area contributed by atoms with E-state index in [-0.39, 0.29) is 5.92 Å². The molecule has 1 aromatic heterocycles. The van der Waals surface area contributed by atoms with Gasteiger partial charge in [0.05, 0.1) is 11.3 Å². The van der Waals surface area contributed by atoms with Crippen molar-refractivity contribution in [1.29, 1.82) is 0 Å². The molecule has 0 aliphatic carbocycles. The topological polar surface area (TPSA) is 74.7 Å². The highest BCUT2D eigenvalue weighted by Gasteiger charge is 2.27. The van der Waals surface area contributed by atoms with E-state index in [1.165, 1.54) is 5.56 Å². The molecule has 2 unspecified atom stereocenters. The molecule has 2 atom stereocenters. The van der Waals surface area contributed by atoms with Crippen LogP contribution in [0.3, 0.4) is 0 Å². The minimum atomic E-state index is -0.920. The molecule has 35 heavy (non-hydrogen) atoms. The van der Waals surface area contributed by atoms with Crippen molar-refractivity contribution in [3.05, 3.63) is 93.8 Å². The largest absolute Gasteiger partial charge is 0.487 e. The maximum atomic E-state index is 11.6. The van der Waals surface area contributed by atoms with Gasteiger partial charge in [-0.25, -0.2) is 4.79 Å². The van der Waals surface area contributed by atoms with E-state index in [1.54, 1.807) is 24.4 Å². The van der Waals surface area contributed by atoms with Crippen LogP contribution in [-0.2, 0) is 13.2 Å². The summed E-state index contributed by atoms with van der Waals surface area (Å²) in [7, 11) is 0. The van der Waals surface area contributed by atoms with E-state index in [0.717, 1.165) is 73.0 Å². The van der Waals surface area contributed by atoms with Crippen LogP contribution in [0.25, 0.3) is 0 Å². The third-order valence-electron chi connectivity index (χ3n) is 7.05. The van der Waals surface area contributed by atoms with Crippen molar-refractivity contribution in [3.63, 3.8) is 0 Å². The first kappa shape index (κ1) is 23.8. The molecular weight excluding hydrogens is 462 g/mol. The van der Waals surface area contributed by atoms with Crippen LogP contribution in [0.2, 0.25) is 5.02 Å². The molecule has 6 nitrogen and oxygen atoms in total. The number of carboxylic acid groups (broad SMARTS) is 1. The molecule has 3 heterocycles. The lowest BCUT2D eigenvalue weighted by atomic mass is 9.85. The first-order chi connectivity index (χ1) is 17.1. The van der Waals surface area contributed by atoms with Crippen molar-refractivity contribution in [2.75, 3.05) is 19.6 Å². The van der Waals surface area contributed by atoms with Crippen LogP contribution >= 0.6 is 11.6 Å². The fourth-order valence-electron chi connectivity index (χ4n) is 5.18. The molecule has 2 aliphatic rings. The number of hydrogen-bond donors (Lipinski definition) is 2. The smallest absolute Gasteiger partial charge is 0.335 e. The summed E-state index contributed by atoms with van der Waals surface area (Å²) in [6.07, 6.45) is 4.86. The monoisotopic (exact) mass is 491 g/mol. The highest BCUT2D eigenvalue weighted by molar-refractivity contribution is 6.30.